The molecule has 0 heterocycles. The third kappa shape index (κ3) is 6.44. The molecule has 1 unspecified atom stereocenters. The number of guanidine groups is 1. The molecule has 0 bridgehead atoms. The maximum Gasteiger partial charge on any atom is 0.191 e. The minimum atomic E-state index is -0.571. The van der Waals surface area contributed by atoms with Crippen molar-refractivity contribution >= 4 is 29.9 Å². The molecule has 0 amide bonds. The summed E-state index contributed by atoms with van der Waals surface area (Å²) in [4.78, 5) is 4.15. The number of hydrogen-bond acceptors (Lipinski definition) is 2. The van der Waals surface area contributed by atoms with Crippen LogP contribution in [0.5, 0.6) is 5.75 Å². The van der Waals surface area contributed by atoms with Gasteiger partial charge in [-0.15, -0.1) is 24.0 Å². The maximum absolute atomic E-state index is 13.8. The third-order valence-corrected chi connectivity index (χ3v) is 3.91. The molecule has 0 aliphatic heterocycles. The van der Waals surface area contributed by atoms with Crippen molar-refractivity contribution in [2.45, 2.75) is 19.4 Å². The van der Waals surface area contributed by atoms with E-state index in [1.54, 1.807) is 14.2 Å². The number of halogens is 3. The zero-order chi connectivity index (χ0) is 18.2. The van der Waals surface area contributed by atoms with E-state index in [2.05, 4.69) is 15.6 Å². The highest BCUT2D eigenvalue weighted by atomic mass is 127. The lowest BCUT2D eigenvalue weighted by molar-refractivity contribution is 0.414. The number of nitrogens with one attached hydrogen (secondary N) is 2. The summed E-state index contributed by atoms with van der Waals surface area (Å²) >= 11 is 0. The van der Waals surface area contributed by atoms with Gasteiger partial charge in [0.1, 0.15) is 17.4 Å². The Morgan fingerprint density at radius 2 is 1.81 bits per heavy atom. The topological polar surface area (TPSA) is 45.7 Å². The van der Waals surface area contributed by atoms with Crippen molar-refractivity contribution in [1.29, 1.82) is 0 Å². The van der Waals surface area contributed by atoms with Crippen LogP contribution < -0.4 is 15.4 Å². The SMILES string of the molecule is CN=C(NCc1ccc(OC)cc1)NCC(C)c1ccc(F)cc1F.I. The van der Waals surface area contributed by atoms with Crippen LogP contribution in [0.1, 0.15) is 24.0 Å². The Bertz CT molecular complexity index is 723. The first-order valence-corrected chi connectivity index (χ1v) is 8.06. The highest BCUT2D eigenvalue weighted by Crippen LogP contribution is 2.19. The highest BCUT2D eigenvalue weighted by molar-refractivity contribution is 14.0. The summed E-state index contributed by atoms with van der Waals surface area (Å²) in [6.45, 7) is 2.95. The van der Waals surface area contributed by atoms with E-state index in [0.29, 0.717) is 24.6 Å². The Morgan fingerprint density at radius 1 is 1.12 bits per heavy atom. The molecule has 0 radical (unpaired) electrons. The minimum absolute atomic E-state index is 0. The van der Waals surface area contributed by atoms with Gasteiger partial charge in [0.05, 0.1) is 7.11 Å². The van der Waals surface area contributed by atoms with Gasteiger partial charge in [-0.3, -0.25) is 4.99 Å². The van der Waals surface area contributed by atoms with Crippen molar-refractivity contribution < 1.29 is 13.5 Å². The number of rotatable bonds is 6. The van der Waals surface area contributed by atoms with Crippen LogP contribution in [0.3, 0.4) is 0 Å². The molecule has 2 rings (SSSR count). The molecule has 7 heteroatoms. The quantitative estimate of drug-likeness (QED) is 0.377. The molecular weight excluding hydrogens is 451 g/mol. The Morgan fingerprint density at radius 3 is 2.38 bits per heavy atom. The first-order valence-electron chi connectivity index (χ1n) is 8.06. The largest absolute Gasteiger partial charge is 0.497 e. The second kappa shape index (κ2) is 10.9. The number of methoxy groups -OCH3 is 1. The molecule has 0 aliphatic carbocycles. The first kappa shape index (κ1) is 22.1. The predicted octanol–water partition coefficient (Wildman–Crippen LogP) is 4.06. The summed E-state index contributed by atoms with van der Waals surface area (Å²) in [5.41, 5.74) is 1.56. The van der Waals surface area contributed by atoms with Crippen molar-refractivity contribution in [1.82, 2.24) is 10.6 Å². The molecule has 0 aliphatic rings. The molecule has 2 N–H and O–H groups in total. The van der Waals surface area contributed by atoms with Gasteiger partial charge in [-0.05, 0) is 29.3 Å². The number of benzene rings is 2. The lowest BCUT2D eigenvalue weighted by atomic mass is 10.0. The van der Waals surface area contributed by atoms with E-state index in [0.717, 1.165) is 17.4 Å². The molecule has 26 heavy (non-hydrogen) atoms. The van der Waals surface area contributed by atoms with Crippen molar-refractivity contribution in [3.63, 3.8) is 0 Å². The Balaban J connectivity index is 0.00000338. The van der Waals surface area contributed by atoms with Gasteiger partial charge in [-0.2, -0.15) is 0 Å². The van der Waals surface area contributed by atoms with E-state index in [-0.39, 0.29) is 29.9 Å². The maximum atomic E-state index is 13.8. The third-order valence-electron chi connectivity index (χ3n) is 3.91. The number of ether oxygens (including phenoxy) is 1. The van der Waals surface area contributed by atoms with E-state index in [1.807, 2.05) is 31.2 Å². The van der Waals surface area contributed by atoms with E-state index in [9.17, 15) is 8.78 Å². The molecular formula is C19H24F2IN3O. The summed E-state index contributed by atoms with van der Waals surface area (Å²) in [6, 6.07) is 11.4. The summed E-state index contributed by atoms with van der Waals surface area (Å²) in [7, 11) is 3.30. The van der Waals surface area contributed by atoms with Gasteiger partial charge in [0.25, 0.3) is 0 Å². The van der Waals surface area contributed by atoms with Gasteiger partial charge in [0.15, 0.2) is 5.96 Å². The minimum Gasteiger partial charge on any atom is -0.497 e. The van der Waals surface area contributed by atoms with Crippen LogP contribution in [0, 0.1) is 11.6 Å². The molecule has 0 fully saturated rings. The zero-order valence-corrected chi connectivity index (χ0v) is 17.4. The zero-order valence-electron chi connectivity index (χ0n) is 15.1. The summed E-state index contributed by atoms with van der Waals surface area (Å²) in [5, 5.41) is 6.35. The van der Waals surface area contributed by atoms with Gasteiger partial charge in [0, 0.05) is 32.1 Å². The lowest BCUT2D eigenvalue weighted by Gasteiger charge is -2.17. The second-order valence-electron chi connectivity index (χ2n) is 5.72. The standard InChI is InChI=1S/C19H23F2N3O.HI/c1-13(17-9-6-15(20)10-18(17)21)11-23-19(22-2)24-12-14-4-7-16(25-3)8-5-14;/h4-10,13H,11-12H2,1-3H3,(H2,22,23,24);1H. The van der Waals surface area contributed by atoms with E-state index in [4.69, 9.17) is 4.74 Å². The Labute approximate surface area is 170 Å². The van der Waals surface area contributed by atoms with Crippen molar-refractivity contribution in [3.8, 4) is 5.75 Å². The van der Waals surface area contributed by atoms with E-state index in [1.165, 1.54) is 12.1 Å². The molecule has 1 atom stereocenters. The molecule has 2 aromatic carbocycles. The summed E-state index contributed by atoms with van der Waals surface area (Å²) < 4.78 is 31.9. The molecule has 0 saturated carbocycles. The van der Waals surface area contributed by atoms with Gasteiger partial charge >= 0.3 is 0 Å². The van der Waals surface area contributed by atoms with Crippen LogP contribution in [0.2, 0.25) is 0 Å². The molecule has 142 valence electrons. The number of nitrogens with zero attached hydrogens (tertiary/aromatic N) is 1. The average Bonchev–Trinajstić information content (AvgIpc) is 2.62. The molecule has 2 aromatic rings. The van der Waals surface area contributed by atoms with Gasteiger partial charge in [0.2, 0.25) is 0 Å². The second-order valence-corrected chi connectivity index (χ2v) is 5.72. The smallest absolute Gasteiger partial charge is 0.191 e. The lowest BCUT2D eigenvalue weighted by Crippen LogP contribution is -2.38. The highest BCUT2D eigenvalue weighted by Gasteiger charge is 2.12. The Kier molecular flexibility index (Phi) is 9.32. The van der Waals surface area contributed by atoms with Crippen molar-refractivity contribution in [2.24, 2.45) is 4.99 Å². The fraction of sp³-hybridized carbons (Fsp3) is 0.316. The first-order chi connectivity index (χ1) is 12.0. The normalized spacial score (nSPS) is 12.1. The van der Waals surface area contributed by atoms with Gasteiger partial charge < -0.3 is 15.4 Å². The fourth-order valence-electron chi connectivity index (χ4n) is 2.41. The molecule has 0 saturated heterocycles. The summed E-state index contributed by atoms with van der Waals surface area (Å²) in [5.74, 6) is 0.195. The van der Waals surface area contributed by atoms with E-state index < -0.39 is 11.6 Å². The van der Waals surface area contributed by atoms with Crippen LogP contribution in [0.4, 0.5) is 8.78 Å². The van der Waals surface area contributed by atoms with Crippen LogP contribution in [0.15, 0.2) is 47.5 Å². The van der Waals surface area contributed by atoms with E-state index >= 15 is 0 Å². The van der Waals surface area contributed by atoms with Crippen LogP contribution in [-0.4, -0.2) is 26.7 Å². The molecule has 0 spiro atoms. The van der Waals surface area contributed by atoms with Gasteiger partial charge in [-0.25, -0.2) is 8.78 Å². The monoisotopic (exact) mass is 475 g/mol. The predicted molar refractivity (Wildman–Crippen MR) is 111 cm³/mol. The summed E-state index contributed by atoms with van der Waals surface area (Å²) in [6.07, 6.45) is 0. The average molecular weight is 475 g/mol. The Hall–Kier alpha value is -1.90. The van der Waals surface area contributed by atoms with Crippen molar-refractivity contribution in [3.05, 3.63) is 65.2 Å². The number of aliphatic imine (C=N–C) groups is 1. The molecule has 4 nitrogen and oxygen atoms in total. The van der Waals surface area contributed by atoms with Crippen molar-refractivity contribution in [2.75, 3.05) is 20.7 Å². The number of hydrogen-bond donors (Lipinski definition) is 2. The van der Waals surface area contributed by atoms with Gasteiger partial charge in [-0.1, -0.05) is 25.1 Å². The fourth-order valence-corrected chi connectivity index (χ4v) is 2.41. The van der Waals surface area contributed by atoms with Crippen LogP contribution in [0.25, 0.3) is 0 Å². The van der Waals surface area contributed by atoms with Crippen LogP contribution >= 0.6 is 24.0 Å². The molecule has 0 aromatic heterocycles. The van der Waals surface area contributed by atoms with Crippen LogP contribution in [-0.2, 0) is 6.54 Å².